The summed E-state index contributed by atoms with van der Waals surface area (Å²) < 4.78 is 2.38. The largest absolute Gasteiger partial charge is 0.309 e. The first-order valence-corrected chi connectivity index (χ1v) is 14.3. The van der Waals surface area contributed by atoms with Crippen LogP contribution in [-0.4, -0.2) is 4.57 Å². The number of aryl methyl sites for hydroxylation is 1. The lowest BCUT2D eigenvalue weighted by Gasteiger charge is -2.19. The number of benzene rings is 7. The lowest BCUT2D eigenvalue weighted by atomic mass is 9.84. The fourth-order valence-electron chi connectivity index (χ4n) is 6.73. The third kappa shape index (κ3) is 3.56. The van der Waals surface area contributed by atoms with Crippen molar-refractivity contribution in [2.75, 3.05) is 0 Å². The van der Waals surface area contributed by atoms with Gasteiger partial charge in [0.15, 0.2) is 0 Å². The molecule has 0 amide bonds. The highest BCUT2D eigenvalue weighted by Crippen LogP contribution is 2.45. The quantitative estimate of drug-likeness (QED) is 0.203. The number of fused-ring (bicyclic) bond motifs is 5. The fraction of sp³-hybridized carbons (Fsp3) is 0.0500. The molecule has 194 valence electrons. The van der Waals surface area contributed by atoms with Gasteiger partial charge >= 0.3 is 0 Å². The molecule has 41 heavy (non-hydrogen) atoms. The maximum absolute atomic E-state index is 2.38. The first kappa shape index (κ1) is 23.7. The Kier molecular flexibility index (Phi) is 5.33. The zero-order valence-corrected chi connectivity index (χ0v) is 23.2. The molecule has 7 aromatic carbocycles. The Hall–Kier alpha value is -5.14. The highest BCUT2D eigenvalue weighted by molar-refractivity contribution is 6.21. The van der Waals surface area contributed by atoms with Gasteiger partial charge in [-0.05, 0) is 93.0 Å². The van der Waals surface area contributed by atoms with Gasteiger partial charge in [-0.3, -0.25) is 0 Å². The van der Waals surface area contributed by atoms with E-state index in [0.29, 0.717) is 0 Å². The Bertz CT molecular complexity index is 2150. The van der Waals surface area contributed by atoms with Gasteiger partial charge in [-0.2, -0.15) is 0 Å². The van der Waals surface area contributed by atoms with Crippen LogP contribution < -0.4 is 0 Å². The van der Waals surface area contributed by atoms with Gasteiger partial charge in [0, 0.05) is 16.5 Å². The van der Waals surface area contributed by atoms with Crippen molar-refractivity contribution in [3.8, 4) is 27.9 Å². The maximum atomic E-state index is 2.38. The van der Waals surface area contributed by atoms with E-state index in [4.69, 9.17) is 0 Å². The van der Waals surface area contributed by atoms with Crippen LogP contribution >= 0.6 is 0 Å². The molecule has 8 rings (SSSR count). The molecule has 1 aromatic heterocycles. The van der Waals surface area contributed by atoms with Gasteiger partial charge in [0.25, 0.3) is 0 Å². The Labute approximate surface area is 239 Å². The van der Waals surface area contributed by atoms with Crippen LogP contribution in [0.3, 0.4) is 0 Å². The normalized spacial score (nSPS) is 11.7. The third-order valence-corrected chi connectivity index (χ3v) is 8.80. The summed E-state index contributed by atoms with van der Waals surface area (Å²) in [7, 11) is 0. The molecule has 0 aliphatic rings. The Morgan fingerprint density at radius 2 is 0.854 bits per heavy atom. The number of hydrogen-bond donors (Lipinski definition) is 0. The molecule has 0 aliphatic carbocycles. The smallest absolute Gasteiger partial charge is 0.0541 e. The van der Waals surface area contributed by atoms with Crippen LogP contribution in [0, 0.1) is 13.8 Å². The predicted octanol–water partition coefficient (Wildman–Crippen LogP) is 11.0. The monoisotopic (exact) mass is 523 g/mol. The summed E-state index contributed by atoms with van der Waals surface area (Å²) in [6.45, 7) is 4.45. The van der Waals surface area contributed by atoms with E-state index in [0.717, 1.165) is 0 Å². The van der Waals surface area contributed by atoms with Crippen molar-refractivity contribution in [1.29, 1.82) is 0 Å². The molecule has 0 aliphatic heterocycles. The van der Waals surface area contributed by atoms with Gasteiger partial charge in [0.1, 0.15) is 0 Å². The lowest BCUT2D eigenvalue weighted by Crippen LogP contribution is -1.95. The molecule has 1 heterocycles. The fourth-order valence-corrected chi connectivity index (χ4v) is 6.73. The highest BCUT2D eigenvalue weighted by Gasteiger charge is 2.18. The maximum Gasteiger partial charge on any atom is 0.0541 e. The predicted molar refractivity (Wildman–Crippen MR) is 176 cm³/mol. The van der Waals surface area contributed by atoms with E-state index in [2.05, 4.69) is 158 Å². The van der Waals surface area contributed by atoms with Crippen molar-refractivity contribution in [3.05, 3.63) is 151 Å². The number of para-hydroxylation sites is 2. The Morgan fingerprint density at radius 1 is 0.390 bits per heavy atom. The second-order valence-corrected chi connectivity index (χ2v) is 11.0. The topological polar surface area (TPSA) is 4.93 Å². The average molecular weight is 524 g/mol. The summed E-state index contributed by atoms with van der Waals surface area (Å²) in [5.41, 5.74) is 11.4. The minimum atomic E-state index is 1.17. The van der Waals surface area contributed by atoms with Crippen LogP contribution in [-0.2, 0) is 0 Å². The van der Waals surface area contributed by atoms with Gasteiger partial charge in [0.05, 0.1) is 11.0 Å². The van der Waals surface area contributed by atoms with Crippen molar-refractivity contribution >= 4 is 43.4 Å². The number of aromatic nitrogens is 1. The van der Waals surface area contributed by atoms with Crippen molar-refractivity contribution in [1.82, 2.24) is 4.57 Å². The van der Waals surface area contributed by atoms with Gasteiger partial charge in [0.2, 0.25) is 0 Å². The zero-order valence-electron chi connectivity index (χ0n) is 23.2. The minimum Gasteiger partial charge on any atom is -0.309 e. The first-order valence-electron chi connectivity index (χ1n) is 14.3. The average Bonchev–Trinajstić information content (AvgIpc) is 3.36. The molecule has 0 bridgehead atoms. The van der Waals surface area contributed by atoms with E-state index in [1.807, 2.05) is 0 Å². The summed E-state index contributed by atoms with van der Waals surface area (Å²) >= 11 is 0. The molecular formula is C40H29N. The summed E-state index contributed by atoms with van der Waals surface area (Å²) in [5, 5.41) is 7.72. The van der Waals surface area contributed by atoms with Crippen LogP contribution in [0.2, 0.25) is 0 Å². The van der Waals surface area contributed by atoms with Crippen LogP contribution in [0.25, 0.3) is 71.3 Å². The standard InChI is InChI=1S/C40H29N/c1-26-12-11-19-30(27(26)2)40-35-17-5-3-15-33(35)39(34-16-4-6-18-36(34)40)28-22-24-29(25-23-28)41-37-20-9-7-13-31(37)32-14-8-10-21-38(32)41/h3-25H,1-2H3. The zero-order chi connectivity index (χ0) is 27.5. The molecule has 0 saturated heterocycles. The first-order chi connectivity index (χ1) is 20.2. The number of nitrogens with zero attached hydrogens (tertiary/aromatic N) is 1. The number of hydrogen-bond acceptors (Lipinski definition) is 0. The van der Waals surface area contributed by atoms with E-state index in [1.165, 1.54) is 82.4 Å². The van der Waals surface area contributed by atoms with Crippen LogP contribution in [0.1, 0.15) is 11.1 Å². The summed E-state index contributed by atoms with van der Waals surface area (Å²) in [6.07, 6.45) is 0. The van der Waals surface area contributed by atoms with Gasteiger partial charge in [-0.15, -0.1) is 0 Å². The molecule has 0 fully saturated rings. The molecule has 8 aromatic rings. The van der Waals surface area contributed by atoms with Gasteiger partial charge in [-0.25, -0.2) is 0 Å². The van der Waals surface area contributed by atoms with Crippen LogP contribution in [0.15, 0.2) is 140 Å². The van der Waals surface area contributed by atoms with Crippen LogP contribution in [0.4, 0.5) is 0 Å². The summed E-state index contributed by atoms with van der Waals surface area (Å²) in [5.74, 6) is 0. The van der Waals surface area contributed by atoms with E-state index >= 15 is 0 Å². The summed E-state index contributed by atoms with van der Waals surface area (Å²) in [6, 6.07) is 51.0. The molecule has 1 heteroatoms. The van der Waals surface area contributed by atoms with Gasteiger partial charge in [-0.1, -0.05) is 115 Å². The highest BCUT2D eigenvalue weighted by atomic mass is 15.0. The molecule has 0 atom stereocenters. The van der Waals surface area contributed by atoms with E-state index in [9.17, 15) is 0 Å². The van der Waals surface area contributed by atoms with Crippen molar-refractivity contribution in [2.45, 2.75) is 13.8 Å². The molecule has 0 unspecified atom stereocenters. The molecular weight excluding hydrogens is 494 g/mol. The Balaban J connectivity index is 1.38. The second kappa shape index (κ2) is 9.21. The summed E-state index contributed by atoms with van der Waals surface area (Å²) in [4.78, 5) is 0. The molecule has 0 N–H and O–H groups in total. The number of rotatable bonds is 3. The third-order valence-electron chi connectivity index (χ3n) is 8.80. The second-order valence-electron chi connectivity index (χ2n) is 11.0. The molecule has 0 radical (unpaired) electrons. The van der Waals surface area contributed by atoms with Crippen LogP contribution in [0.5, 0.6) is 0 Å². The lowest BCUT2D eigenvalue weighted by molar-refractivity contribution is 1.18. The molecule has 0 spiro atoms. The van der Waals surface area contributed by atoms with Gasteiger partial charge < -0.3 is 4.57 Å². The molecule has 1 nitrogen and oxygen atoms in total. The Morgan fingerprint density at radius 3 is 1.39 bits per heavy atom. The SMILES string of the molecule is Cc1cccc(-c2c3ccccc3c(-c3ccc(-n4c5ccccc5c5ccccc54)cc3)c3ccccc23)c1C. The van der Waals surface area contributed by atoms with Crippen molar-refractivity contribution in [3.63, 3.8) is 0 Å². The van der Waals surface area contributed by atoms with Crippen molar-refractivity contribution < 1.29 is 0 Å². The molecule has 0 saturated carbocycles. The van der Waals surface area contributed by atoms with Crippen molar-refractivity contribution in [2.24, 2.45) is 0 Å². The van der Waals surface area contributed by atoms with E-state index < -0.39 is 0 Å². The van der Waals surface area contributed by atoms with E-state index in [-0.39, 0.29) is 0 Å². The van der Waals surface area contributed by atoms with E-state index in [1.54, 1.807) is 0 Å². The minimum absolute atomic E-state index is 1.17.